The van der Waals surface area contributed by atoms with Crippen molar-refractivity contribution < 1.29 is 4.79 Å². The summed E-state index contributed by atoms with van der Waals surface area (Å²) in [5.74, 6) is 1.57. The lowest BCUT2D eigenvalue weighted by Gasteiger charge is -2.20. The van der Waals surface area contributed by atoms with Gasteiger partial charge >= 0.3 is 0 Å². The molecule has 13 heavy (non-hydrogen) atoms. The molecule has 1 saturated carbocycles. The van der Waals surface area contributed by atoms with Crippen LogP contribution in [0, 0.1) is 11.8 Å². The van der Waals surface area contributed by atoms with Crippen molar-refractivity contribution in [3.8, 4) is 0 Å². The van der Waals surface area contributed by atoms with Crippen molar-refractivity contribution in [2.24, 2.45) is 11.8 Å². The summed E-state index contributed by atoms with van der Waals surface area (Å²) >= 11 is 3.16. The van der Waals surface area contributed by atoms with Gasteiger partial charge in [-0.1, -0.05) is 36.2 Å². The first-order valence-electron chi connectivity index (χ1n) is 5.04. The Bertz CT molecular complexity index is 184. The normalized spacial score (nSPS) is 33.3. The zero-order valence-corrected chi connectivity index (χ0v) is 9.93. The Kier molecular flexibility index (Phi) is 4.23. The number of nitrogens with one attached hydrogen (secondary N) is 1. The van der Waals surface area contributed by atoms with Gasteiger partial charge in [0.1, 0.15) is 0 Å². The van der Waals surface area contributed by atoms with E-state index in [0.29, 0.717) is 17.3 Å². The highest BCUT2D eigenvalue weighted by atomic mass is 79.9. The summed E-state index contributed by atoms with van der Waals surface area (Å²) in [5.41, 5.74) is 0. The summed E-state index contributed by atoms with van der Waals surface area (Å²) in [4.78, 5) is 11.2. The van der Waals surface area contributed by atoms with Crippen LogP contribution in [0.25, 0.3) is 0 Å². The fraction of sp³-hybridized carbons (Fsp3) is 0.900. The first-order chi connectivity index (χ1) is 6.19. The van der Waals surface area contributed by atoms with Crippen molar-refractivity contribution in [1.82, 2.24) is 5.32 Å². The smallest absolute Gasteiger partial charge is 0.230 e. The van der Waals surface area contributed by atoms with Crippen molar-refractivity contribution in [3.05, 3.63) is 0 Å². The number of carbonyl (C=O) groups is 1. The predicted molar refractivity (Wildman–Crippen MR) is 57.9 cm³/mol. The molecule has 0 aromatic rings. The van der Waals surface area contributed by atoms with Crippen molar-refractivity contribution >= 4 is 21.8 Å². The third-order valence-electron chi connectivity index (χ3n) is 3.22. The van der Waals surface area contributed by atoms with E-state index in [1.54, 1.807) is 0 Å². The zero-order chi connectivity index (χ0) is 9.84. The van der Waals surface area contributed by atoms with E-state index >= 15 is 0 Å². The van der Waals surface area contributed by atoms with Gasteiger partial charge in [0.05, 0.1) is 5.33 Å². The highest BCUT2D eigenvalue weighted by molar-refractivity contribution is 9.09. The molecule has 0 radical (unpaired) electrons. The van der Waals surface area contributed by atoms with Gasteiger partial charge in [-0.25, -0.2) is 0 Å². The Hall–Kier alpha value is -0.0500. The monoisotopic (exact) mass is 247 g/mol. The van der Waals surface area contributed by atoms with Gasteiger partial charge in [0, 0.05) is 6.04 Å². The second kappa shape index (κ2) is 4.99. The Morgan fingerprint density at radius 2 is 2.23 bits per heavy atom. The third kappa shape index (κ3) is 2.70. The molecule has 0 saturated heterocycles. The molecular formula is C10H18BrNO. The lowest BCUT2D eigenvalue weighted by molar-refractivity contribution is -0.119. The number of rotatable bonds is 3. The van der Waals surface area contributed by atoms with Crippen LogP contribution in [0.4, 0.5) is 0 Å². The van der Waals surface area contributed by atoms with E-state index in [-0.39, 0.29) is 5.91 Å². The van der Waals surface area contributed by atoms with Gasteiger partial charge in [0.2, 0.25) is 5.91 Å². The summed E-state index contributed by atoms with van der Waals surface area (Å²) in [5, 5.41) is 3.48. The molecule has 1 aliphatic rings. The zero-order valence-electron chi connectivity index (χ0n) is 8.35. The molecule has 1 amide bonds. The standard InChI is InChI=1S/C10H18BrNO/c1-3-8-4-5-9(7(8)2)12-10(13)6-11/h7-9H,3-6H2,1-2H3,(H,12,13). The van der Waals surface area contributed by atoms with Crippen LogP contribution < -0.4 is 5.32 Å². The molecule has 0 heterocycles. The van der Waals surface area contributed by atoms with E-state index in [0.717, 1.165) is 12.3 Å². The van der Waals surface area contributed by atoms with E-state index in [4.69, 9.17) is 0 Å². The number of alkyl halides is 1. The van der Waals surface area contributed by atoms with E-state index in [1.807, 2.05) is 0 Å². The van der Waals surface area contributed by atoms with Gasteiger partial charge in [0.15, 0.2) is 0 Å². The molecule has 0 aromatic heterocycles. The van der Waals surface area contributed by atoms with Gasteiger partial charge in [0.25, 0.3) is 0 Å². The topological polar surface area (TPSA) is 29.1 Å². The molecule has 3 heteroatoms. The summed E-state index contributed by atoms with van der Waals surface area (Å²) < 4.78 is 0. The van der Waals surface area contributed by atoms with E-state index in [9.17, 15) is 4.79 Å². The average Bonchev–Trinajstić information content (AvgIpc) is 2.48. The molecule has 1 rings (SSSR count). The van der Waals surface area contributed by atoms with Crippen molar-refractivity contribution in [3.63, 3.8) is 0 Å². The number of hydrogen-bond acceptors (Lipinski definition) is 1. The number of halogens is 1. The number of carbonyl (C=O) groups excluding carboxylic acids is 1. The predicted octanol–water partition coefficient (Wildman–Crippen LogP) is 2.32. The highest BCUT2D eigenvalue weighted by Gasteiger charge is 2.31. The van der Waals surface area contributed by atoms with Crippen LogP contribution in [0.15, 0.2) is 0 Å². The fourth-order valence-corrected chi connectivity index (χ4v) is 2.43. The van der Waals surface area contributed by atoms with E-state index < -0.39 is 0 Å². The van der Waals surface area contributed by atoms with Crippen molar-refractivity contribution in [1.29, 1.82) is 0 Å². The second-order valence-corrected chi connectivity index (χ2v) is 4.47. The average molecular weight is 248 g/mol. The first kappa shape index (κ1) is 11.0. The summed E-state index contributed by atoms with van der Waals surface area (Å²) in [6.07, 6.45) is 3.66. The highest BCUT2D eigenvalue weighted by Crippen LogP contribution is 2.33. The maximum Gasteiger partial charge on any atom is 0.230 e. The van der Waals surface area contributed by atoms with Crippen LogP contribution in [0.1, 0.15) is 33.1 Å². The van der Waals surface area contributed by atoms with Crippen molar-refractivity contribution in [2.75, 3.05) is 5.33 Å². The van der Waals surface area contributed by atoms with Crippen LogP contribution in [-0.2, 0) is 4.79 Å². The Labute approximate surface area is 88.6 Å². The minimum absolute atomic E-state index is 0.119. The minimum Gasteiger partial charge on any atom is -0.352 e. The number of hydrogen-bond donors (Lipinski definition) is 1. The molecule has 76 valence electrons. The summed E-state index contributed by atoms with van der Waals surface area (Å²) in [6.45, 7) is 4.48. The van der Waals surface area contributed by atoms with Crippen LogP contribution >= 0.6 is 15.9 Å². The Morgan fingerprint density at radius 3 is 2.69 bits per heavy atom. The molecule has 0 aromatic carbocycles. The van der Waals surface area contributed by atoms with E-state index in [2.05, 4.69) is 35.1 Å². The maximum absolute atomic E-state index is 11.2. The van der Waals surface area contributed by atoms with Crippen LogP contribution in [0.5, 0.6) is 0 Å². The molecule has 1 N–H and O–H groups in total. The molecule has 2 nitrogen and oxygen atoms in total. The number of amides is 1. The summed E-state index contributed by atoms with van der Waals surface area (Å²) in [7, 11) is 0. The quantitative estimate of drug-likeness (QED) is 0.763. The third-order valence-corrected chi connectivity index (χ3v) is 3.73. The lowest BCUT2D eigenvalue weighted by Crippen LogP contribution is -2.38. The Morgan fingerprint density at radius 1 is 1.54 bits per heavy atom. The van der Waals surface area contributed by atoms with Crippen LogP contribution in [0.3, 0.4) is 0 Å². The van der Waals surface area contributed by atoms with Gasteiger partial charge < -0.3 is 5.32 Å². The summed E-state index contributed by atoms with van der Waals surface area (Å²) in [6, 6.07) is 0.412. The lowest BCUT2D eigenvalue weighted by atomic mass is 9.93. The molecular weight excluding hydrogens is 230 g/mol. The van der Waals surface area contributed by atoms with E-state index in [1.165, 1.54) is 12.8 Å². The Balaban J connectivity index is 2.40. The van der Waals surface area contributed by atoms with Crippen LogP contribution in [-0.4, -0.2) is 17.3 Å². The SMILES string of the molecule is CCC1CCC(NC(=O)CBr)C1C. The molecule has 1 fully saturated rings. The second-order valence-electron chi connectivity index (χ2n) is 3.91. The van der Waals surface area contributed by atoms with Gasteiger partial charge in [-0.3, -0.25) is 4.79 Å². The molecule has 3 unspecified atom stereocenters. The van der Waals surface area contributed by atoms with Gasteiger partial charge in [-0.15, -0.1) is 0 Å². The molecule has 3 atom stereocenters. The van der Waals surface area contributed by atoms with Crippen LogP contribution in [0.2, 0.25) is 0 Å². The molecule has 0 bridgehead atoms. The van der Waals surface area contributed by atoms with Gasteiger partial charge in [-0.2, -0.15) is 0 Å². The van der Waals surface area contributed by atoms with Gasteiger partial charge in [-0.05, 0) is 24.7 Å². The maximum atomic E-state index is 11.2. The largest absolute Gasteiger partial charge is 0.352 e. The molecule has 0 aliphatic heterocycles. The van der Waals surface area contributed by atoms with Crippen molar-refractivity contribution in [2.45, 2.75) is 39.2 Å². The fourth-order valence-electron chi connectivity index (χ4n) is 2.27. The molecule has 0 spiro atoms. The first-order valence-corrected chi connectivity index (χ1v) is 6.16. The molecule has 1 aliphatic carbocycles. The minimum atomic E-state index is 0.119.